The SMILES string of the molecule is CC(O)CCO.OCCCCCCO. The largest absolute Gasteiger partial charge is 0.396 e. The summed E-state index contributed by atoms with van der Waals surface area (Å²) in [6.07, 6.45) is 3.96. The topological polar surface area (TPSA) is 80.9 Å². The monoisotopic (exact) mass is 208 g/mol. The Bertz CT molecular complexity index is 80.2. The summed E-state index contributed by atoms with van der Waals surface area (Å²) >= 11 is 0. The van der Waals surface area contributed by atoms with E-state index in [0.29, 0.717) is 6.42 Å². The van der Waals surface area contributed by atoms with Gasteiger partial charge in [-0.3, -0.25) is 0 Å². The quantitative estimate of drug-likeness (QED) is 0.453. The molecule has 0 saturated heterocycles. The minimum atomic E-state index is -0.352. The predicted octanol–water partition coefficient (Wildman–Crippen LogP) is 0.281. The first-order valence-electron chi connectivity index (χ1n) is 5.19. The van der Waals surface area contributed by atoms with Crippen LogP contribution in [-0.2, 0) is 0 Å². The maximum atomic E-state index is 8.39. The fourth-order valence-corrected chi connectivity index (χ4v) is 0.764. The van der Waals surface area contributed by atoms with Crippen LogP contribution in [0.1, 0.15) is 39.0 Å². The van der Waals surface area contributed by atoms with Crippen molar-refractivity contribution in [3.05, 3.63) is 0 Å². The summed E-state index contributed by atoms with van der Waals surface area (Å²) in [7, 11) is 0. The third kappa shape index (κ3) is 22.6. The van der Waals surface area contributed by atoms with E-state index >= 15 is 0 Å². The van der Waals surface area contributed by atoms with Gasteiger partial charge in [0.05, 0.1) is 6.10 Å². The maximum Gasteiger partial charge on any atom is 0.0533 e. The van der Waals surface area contributed by atoms with Gasteiger partial charge in [0.2, 0.25) is 0 Å². The third-order valence-corrected chi connectivity index (χ3v) is 1.61. The van der Waals surface area contributed by atoms with Crippen molar-refractivity contribution in [2.24, 2.45) is 0 Å². The van der Waals surface area contributed by atoms with Gasteiger partial charge < -0.3 is 20.4 Å². The standard InChI is InChI=1S/C6H14O2.C4H10O2/c7-5-3-1-2-4-6-8;1-4(6)2-3-5/h7-8H,1-6H2;4-6H,2-3H2,1H3. The molecule has 0 aromatic heterocycles. The van der Waals surface area contributed by atoms with Crippen molar-refractivity contribution in [3.8, 4) is 0 Å². The molecule has 0 aromatic carbocycles. The Morgan fingerprint density at radius 3 is 1.36 bits per heavy atom. The molecule has 0 radical (unpaired) electrons. The molecule has 0 rings (SSSR count). The molecule has 14 heavy (non-hydrogen) atoms. The molecule has 0 aliphatic rings. The van der Waals surface area contributed by atoms with Crippen molar-refractivity contribution >= 4 is 0 Å². The Kier molecular flexibility index (Phi) is 17.8. The van der Waals surface area contributed by atoms with E-state index < -0.39 is 0 Å². The Morgan fingerprint density at radius 2 is 1.21 bits per heavy atom. The van der Waals surface area contributed by atoms with Gasteiger partial charge in [-0.05, 0) is 26.2 Å². The molecule has 1 atom stereocenters. The first kappa shape index (κ1) is 16.3. The average molecular weight is 208 g/mol. The Labute approximate surface area is 86.2 Å². The molecule has 0 heterocycles. The van der Waals surface area contributed by atoms with E-state index in [9.17, 15) is 0 Å². The molecule has 0 fully saturated rings. The molecular weight excluding hydrogens is 184 g/mol. The molecule has 0 saturated carbocycles. The van der Waals surface area contributed by atoms with Crippen LogP contribution in [0.2, 0.25) is 0 Å². The molecule has 0 aromatic rings. The van der Waals surface area contributed by atoms with Crippen LogP contribution < -0.4 is 0 Å². The molecule has 0 amide bonds. The van der Waals surface area contributed by atoms with Crippen LogP contribution in [0.15, 0.2) is 0 Å². The predicted molar refractivity (Wildman–Crippen MR) is 56.0 cm³/mol. The van der Waals surface area contributed by atoms with E-state index in [1.165, 1.54) is 0 Å². The second-order valence-electron chi connectivity index (χ2n) is 3.22. The van der Waals surface area contributed by atoms with Gasteiger partial charge in [0.1, 0.15) is 0 Å². The van der Waals surface area contributed by atoms with Crippen molar-refractivity contribution in [1.29, 1.82) is 0 Å². The molecule has 0 bridgehead atoms. The van der Waals surface area contributed by atoms with Gasteiger partial charge in [0.15, 0.2) is 0 Å². The van der Waals surface area contributed by atoms with Gasteiger partial charge in [-0.1, -0.05) is 12.8 Å². The maximum absolute atomic E-state index is 8.39. The lowest BCUT2D eigenvalue weighted by atomic mass is 10.2. The van der Waals surface area contributed by atoms with Crippen molar-refractivity contribution in [3.63, 3.8) is 0 Å². The van der Waals surface area contributed by atoms with Gasteiger partial charge in [-0.15, -0.1) is 0 Å². The highest BCUT2D eigenvalue weighted by Crippen LogP contribution is 1.96. The van der Waals surface area contributed by atoms with Crippen LogP contribution in [0.3, 0.4) is 0 Å². The van der Waals surface area contributed by atoms with E-state index in [4.69, 9.17) is 20.4 Å². The summed E-state index contributed by atoms with van der Waals surface area (Å²) in [5, 5.41) is 33.1. The van der Waals surface area contributed by atoms with E-state index in [0.717, 1.165) is 25.7 Å². The zero-order chi connectivity index (χ0) is 11.2. The second kappa shape index (κ2) is 15.3. The Hall–Kier alpha value is -0.160. The smallest absolute Gasteiger partial charge is 0.0533 e. The number of hydrogen-bond donors (Lipinski definition) is 4. The van der Waals surface area contributed by atoms with E-state index in [2.05, 4.69) is 0 Å². The van der Waals surface area contributed by atoms with E-state index in [1.807, 2.05) is 0 Å². The van der Waals surface area contributed by atoms with Crippen molar-refractivity contribution in [1.82, 2.24) is 0 Å². The highest BCUT2D eigenvalue weighted by Gasteiger charge is 1.88. The average Bonchev–Trinajstić information content (AvgIpc) is 2.13. The van der Waals surface area contributed by atoms with Crippen molar-refractivity contribution in [2.75, 3.05) is 19.8 Å². The summed E-state index contributed by atoms with van der Waals surface area (Å²) in [5.41, 5.74) is 0. The summed E-state index contributed by atoms with van der Waals surface area (Å²) in [6, 6.07) is 0. The van der Waals surface area contributed by atoms with Crippen molar-refractivity contribution < 1.29 is 20.4 Å². The third-order valence-electron chi connectivity index (χ3n) is 1.61. The molecule has 0 spiro atoms. The van der Waals surface area contributed by atoms with Crippen LogP contribution in [0.5, 0.6) is 0 Å². The number of aliphatic hydroxyl groups is 4. The highest BCUT2D eigenvalue weighted by molar-refractivity contribution is 4.40. The number of unbranched alkanes of at least 4 members (excludes halogenated alkanes) is 3. The lowest BCUT2D eigenvalue weighted by molar-refractivity contribution is 0.148. The lowest BCUT2D eigenvalue weighted by Crippen LogP contribution is -2.00. The Balaban J connectivity index is 0. The van der Waals surface area contributed by atoms with Crippen LogP contribution in [0, 0.1) is 0 Å². The zero-order valence-electron chi connectivity index (χ0n) is 9.02. The van der Waals surface area contributed by atoms with Crippen LogP contribution in [0.4, 0.5) is 0 Å². The second-order valence-corrected chi connectivity index (χ2v) is 3.22. The normalized spacial score (nSPS) is 11.8. The minimum Gasteiger partial charge on any atom is -0.396 e. The van der Waals surface area contributed by atoms with E-state index in [1.54, 1.807) is 6.92 Å². The molecule has 0 aliphatic carbocycles. The molecule has 4 nitrogen and oxygen atoms in total. The van der Waals surface area contributed by atoms with E-state index in [-0.39, 0.29) is 25.9 Å². The number of hydrogen-bond acceptors (Lipinski definition) is 4. The van der Waals surface area contributed by atoms with Crippen LogP contribution in [0.25, 0.3) is 0 Å². The molecular formula is C10H24O4. The van der Waals surface area contributed by atoms with Crippen LogP contribution >= 0.6 is 0 Å². The van der Waals surface area contributed by atoms with Gasteiger partial charge in [0.25, 0.3) is 0 Å². The first-order valence-corrected chi connectivity index (χ1v) is 5.19. The lowest BCUT2D eigenvalue weighted by Gasteiger charge is -1.95. The zero-order valence-corrected chi connectivity index (χ0v) is 9.02. The molecule has 4 N–H and O–H groups in total. The summed E-state index contributed by atoms with van der Waals surface area (Å²) in [5.74, 6) is 0. The Morgan fingerprint density at radius 1 is 0.786 bits per heavy atom. The highest BCUT2D eigenvalue weighted by atomic mass is 16.3. The number of rotatable bonds is 7. The van der Waals surface area contributed by atoms with Gasteiger partial charge in [-0.25, -0.2) is 0 Å². The van der Waals surface area contributed by atoms with Crippen LogP contribution in [-0.4, -0.2) is 46.4 Å². The molecule has 1 unspecified atom stereocenters. The first-order chi connectivity index (χ1) is 6.68. The molecule has 0 aliphatic heterocycles. The minimum absolute atomic E-state index is 0.0810. The molecule has 4 heteroatoms. The number of aliphatic hydroxyl groups excluding tert-OH is 4. The summed E-state index contributed by atoms with van der Waals surface area (Å²) in [6.45, 7) is 2.30. The fraction of sp³-hybridized carbons (Fsp3) is 1.00. The van der Waals surface area contributed by atoms with Gasteiger partial charge >= 0.3 is 0 Å². The summed E-state index contributed by atoms with van der Waals surface area (Å²) < 4.78 is 0. The van der Waals surface area contributed by atoms with Crippen molar-refractivity contribution in [2.45, 2.75) is 45.1 Å². The van der Waals surface area contributed by atoms with Gasteiger partial charge in [-0.2, -0.15) is 0 Å². The summed E-state index contributed by atoms with van der Waals surface area (Å²) in [4.78, 5) is 0. The molecule has 88 valence electrons. The fourth-order valence-electron chi connectivity index (χ4n) is 0.764. The van der Waals surface area contributed by atoms with Gasteiger partial charge in [0, 0.05) is 19.8 Å².